The second-order valence-corrected chi connectivity index (χ2v) is 15.7. The lowest BCUT2D eigenvalue weighted by molar-refractivity contribution is -0.191. The number of aliphatic hydroxyl groups excluding tert-OH is 3. The molecule has 0 aromatic heterocycles. The fraction of sp³-hybridized carbons (Fsp3) is 0.667. The SMILES string of the molecule is COC(=O)/C(C)=C1\C(=O)[C@H](O)[C@]2(C)C3=C(C[C@@H]4[C@]5(OC(=O)C(CO)=C5C[C@H]5[C@](O)(COC(=O)/C(C)=C/CO)[C@H]6C[C@H]6[C@]45C)[C@H]31)[C@H]1C[C@H]12. The van der Waals surface area contributed by atoms with Crippen LogP contribution in [0.15, 0.2) is 45.1 Å². The molecule has 5 saturated carbocycles. The van der Waals surface area contributed by atoms with E-state index in [2.05, 4.69) is 6.92 Å². The van der Waals surface area contributed by atoms with E-state index in [1.165, 1.54) is 27.0 Å². The summed E-state index contributed by atoms with van der Waals surface area (Å²) in [6, 6.07) is 0. The Hall–Kier alpha value is -3.12. The second-order valence-electron chi connectivity index (χ2n) is 15.7. The van der Waals surface area contributed by atoms with Crippen LogP contribution in [-0.2, 0) is 33.4 Å². The maximum absolute atomic E-state index is 14.4. The summed E-state index contributed by atoms with van der Waals surface area (Å²) in [5.41, 5.74) is -1.41. The van der Waals surface area contributed by atoms with Crippen molar-refractivity contribution in [3.8, 4) is 0 Å². The number of rotatable bonds is 6. The summed E-state index contributed by atoms with van der Waals surface area (Å²) in [5.74, 6) is -4.35. The van der Waals surface area contributed by atoms with Gasteiger partial charge in [0.05, 0.1) is 31.8 Å². The van der Waals surface area contributed by atoms with E-state index < -0.39 is 76.2 Å². The number of hydrogen-bond donors (Lipinski definition) is 4. The van der Waals surface area contributed by atoms with E-state index in [-0.39, 0.29) is 65.6 Å². The molecule has 5 fully saturated rings. The average molecular weight is 651 g/mol. The van der Waals surface area contributed by atoms with Gasteiger partial charge in [0.15, 0.2) is 5.78 Å². The zero-order chi connectivity index (χ0) is 33.7. The summed E-state index contributed by atoms with van der Waals surface area (Å²) < 4.78 is 17.3. The number of carbonyl (C=O) groups excluding carboxylic acids is 4. The summed E-state index contributed by atoms with van der Waals surface area (Å²) in [6.45, 7) is 5.89. The van der Waals surface area contributed by atoms with Gasteiger partial charge in [0.25, 0.3) is 0 Å². The largest absolute Gasteiger partial charge is 0.466 e. The first-order chi connectivity index (χ1) is 22.2. The first kappa shape index (κ1) is 31.2. The minimum atomic E-state index is -1.43. The van der Waals surface area contributed by atoms with Crippen molar-refractivity contribution in [2.24, 2.45) is 52.3 Å². The van der Waals surface area contributed by atoms with Gasteiger partial charge < -0.3 is 34.6 Å². The number of carbonyl (C=O) groups is 4. The normalized spacial score (nSPS) is 47.7. The lowest BCUT2D eigenvalue weighted by Crippen LogP contribution is -2.67. The van der Waals surface area contributed by atoms with Crippen LogP contribution in [0.3, 0.4) is 0 Å². The Labute approximate surface area is 272 Å². The van der Waals surface area contributed by atoms with Crippen LogP contribution >= 0.6 is 0 Å². The van der Waals surface area contributed by atoms with Crippen LogP contribution in [0.5, 0.6) is 0 Å². The highest BCUT2D eigenvalue weighted by Crippen LogP contribution is 2.83. The fourth-order valence-corrected chi connectivity index (χ4v) is 12.1. The number of methoxy groups -OCH3 is 1. The molecule has 47 heavy (non-hydrogen) atoms. The molecule has 1 heterocycles. The zero-order valence-electron chi connectivity index (χ0n) is 27.3. The number of ketones is 1. The molecular weight excluding hydrogens is 608 g/mol. The first-order valence-electron chi connectivity index (χ1n) is 16.7. The quantitative estimate of drug-likeness (QED) is 0.142. The molecule has 1 aliphatic heterocycles. The van der Waals surface area contributed by atoms with Crippen LogP contribution in [0.4, 0.5) is 0 Å². The summed E-state index contributed by atoms with van der Waals surface area (Å²) in [7, 11) is 1.23. The number of allylic oxidation sites excluding steroid dienone is 1. The van der Waals surface area contributed by atoms with Crippen molar-refractivity contribution in [3.63, 3.8) is 0 Å². The fourth-order valence-electron chi connectivity index (χ4n) is 12.1. The molecule has 0 radical (unpaired) electrons. The van der Waals surface area contributed by atoms with Crippen molar-refractivity contribution in [3.05, 3.63) is 45.1 Å². The van der Waals surface area contributed by atoms with Crippen LogP contribution in [0.1, 0.15) is 53.4 Å². The summed E-state index contributed by atoms with van der Waals surface area (Å²) in [4.78, 5) is 54.1. The lowest BCUT2D eigenvalue weighted by atomic mass is 9.42. The topological polar surface area (TPSA) is 177 Å². The molecule has 11 heteroatoms. The molecule has 0 aromatic rings. The maximum atomic E-state index is 14.4. The van der Waals surface area contributed by atoms with Gasteiger partial charge in [-0.25, -0.2) is 14.4 Å². The van der Waals surface area contributed by atoms with Crippen LogP contribution < -0.4 is 0 Å². The number of aliphatic hydroxyl groups is 4. The number of fused-ring (bicyclic) bond motifs is 7. The molecule has 0 saturated heterocycles. The van der Waals surface area contributed by atoms with Gasteiger partial charge in [-0.3, -0.25) is 4.79 Å². The third-order valence-corrected chi connectivity index (χ3v) is 14.3. The van der Waals surface area contributed by atoms with Gasteiger partial charge in [0, 0.05) is 34.0 Å². The van der Waals surface area contributed by atoms with Crippen LogP contribution in [0, 0.1) is 52.3 Å². The molecule has 0 amide bonds. The molecule has 252 valence electrons. The zero-order valence-corrected chi connectivity index (χ0v) is 27.3. The second kappa shape index (κ2) is 9.52. The Balaban J connectivity index is 1.34. The van der Waals surface area contributed by atoms with E-state index in [1.54, 1.807) is 0 Å². The minimum Gasteiger partial charge on any atom is -0.466 e. The number of hydrogen-bond acceptors (Lipinski definition) is 11. The molecule has 12 atom stereocenters. The third kappa shape index (κ3) is 3.41. The van der Waals surface area contributed by atoms with E-state index in [4.69, 9.17) is 14.2 Å². The molecule has 0 unspecified atom stereocenters. The summed E-state index contributed by atoms with van der Waals surface area (Å²) in [6.07, 6.45) is 2.16. The molecule has 8 aliphatic rings. The third-order valence-electron chi connectivity index (χ3n) is 14.3. The minimum absolute atomic E-state index is 0.00883. The molecule has 7 aliphatic carbocycles. The highest BCUT2D eigenvalue weighted by atomic mass is 16.6. The molecule has 11 nitrogen and oxygen atoms in total. The maximum Gasteiger partial charge on any atom is 0.337 e. The van der Waals surface area contributed by atoms with Crippen molar-refractivity contribution >= 4 is 23.7 Å². The summed E-state index contributed by atoms with van der Waals surface area (Å²) >= 11 is 0. The van der Waals surface area contributed by atoms with Crippen molar-refractivity contribution < 1.29 is 53.8 Å². The molecule has 0 aromatic carbocycles. The number of esters is 3. The average Bonchev–Trinajstić information content (AvgIpc) is 3.96. The van der Waals surface area contributed by atoms with Crippen molar-refractivity contribution in [2.75, 3.05) is 26.9 Å². The Morgan fingerprint density at radius 2 is 1.74 bits per heavy atom. The number of Topliss-reactive ketones (excluding diaryl/α,β-unsaturated/α-hetero) is 1. The predicted molar refractivity (Wildman–Crippen MR) is 162 cm³/mol. The monoisotopic (exact) mass is 650 g/mol. The van der Waals surface area contributed by atoms with Gasteiger partial charge in [-0.05, 0) is 85.8 Å². The van der Waals surface area contributed by atoms with Gasteiger partial charge >= 0.3 is 17.9 Å². The van der Waals surface area contributed by atoms with Gasteiger partial charge in [0.2, 0.25) is 0 Å². The van der Waals surface area contributed by atoms with Crippen LogP contribution in [0.25, 0.3) is 0 Å². The molecular formula is C36H42O11. The van der Waals surface area contributed by atoms with E-state index in [9.17, 15) is 39.6 Å². The summed E-state index contributed by atoms with van der Waals surface area (Å²) in [5, 5.41) is 44.1. The van der Waals surface area contributed by atoms with Gasteiger partial charge in [-0.2, -0.15) is 0 Å². The highest BCUT2D eigenvalue weighted by Gasteiger charge is 2.84. The Bertz CT molecular complexity index is 1700. The van der Waals surface area contributed by atoms with Gasteiger partial charge in [0.1, 0.15) is 23.9 Å². The molecule has 8 rings (SSSR count). The predicted octanol–water partition coefficient (Wildman–Crippen LogP) is 1.48. The number of ether oxygens (including phenoxy) is 3. The van der Waals surface area contributed by atoms with E-state index >= 15 is 0 Å². The lowest BCUT2D eigenvalue weighted by Gasteiger charge is -2.63. The molecule has 0 bridgehead atoms. The van der Waals surface area contributed by atoms with Crippen molar-refractivity contribution in [1.29, 1.82) is 0 Å². The smallest absolute Gasteiger partial charge is 0.337 e. The highest BCUT2D eigenvalue weighted by molar-refractivity contribution is 6.09. The Morgan fingerprint density at radius 3 is 2.40 bits per heavy atom. The van der Waals surface area contributed by atoms with Gasteiger partial charge in [-0.1, -0.05) is 19.4 Å². The van der Waals surface area contributed by atoms with E-state index in [0.717, 1.165) is 17.6 Å². The molecule has 1 spiro atoms. The van der Waals surface area contributed by atoms with E-state index in [0.29, 0.717) is 18.4 Å². The molecule has 4 N–H and O–H groups in total. The first-order valence-corrected chi connectivity index (χ1v) is 16.7. The Kier molecular flexibility index (Phi) is 6.31. The Morgan fingerprint density at radius 1 is 1.02 bits per heavy atom. The van der Waals surface area contributed by atoms with Crippen molar-refractivity contribution in [1.82, 2.24) is 0 Å². The van der Waals surface area contributed by atoms with Gasteiger partial charge in [-0.15, -0.1) is 0 Å². The standard InChI is InChI=1S/C36H42O11/c1-14(6-7-37)30(41)46-13-35(44)22-10-21(22)33(3)23(35)11-20-18(12-38)32(43)47-36(20)24(33)9-17-16-8-19(16)34(4)26(17)27(36)25(28(39)29(34)40)15(2)31(42)45-5/h6,16,19,21-24,27,29,37-38,40,44H,7-13H2,1-5H3/b14-6+,25-15-/t16-,19-,21-,22+,23-,24+,27+,29+,33+,34+,35+,36+/m1/s1. The van der Waals surface area contributed by atoms with E-state index in [1.807, 2.05) is 6.92 Å². The van der Waals surface area contributed by atoms with Crippen LogP contribution in [-0.4, -0.2) is 88.4 Å². The van der Waals surface area contributed by atoms with Crippen LogP contribution in [0.2, 0.25) is 0 Å². The van der Waals surface area contributed by atoms with Crippen molar-refractivity contribution in [2.45, 2.75) is 70.7 Å².